The van der Waals surface area contributed by atoms with Crippen molar-refractivity contribution in [2.75, 3.05) is 18.4 Å². The minimum absolute atomic E-state index is 0. The van der Waals surface area contributed by atoms with Gasteiger partial charge in [-0.2, -0.15) is 0 Å². The van der Waals surface area contributed by atoms with E-state index in [2.05, 4.69) is 10.6 Å². The van der Waals surface area contributed by atoms with E-state index in [1.54, 1.807) is 12.1 Å². The van der Waals surface area contributed by atoms with Crippen molar-refractivity contribution in [3.05, 3.63) is 33.9 Å². The Hall–Kier alpha value is -1.66. The van der Waals surface area contributed by atoms with Crippen molar-refractivity contribution in [2.24, 2.45) is 0 Å². The Bertz CT molecular complexity index is 541. The van der Waals surface area contributed by atoms with Gasteiger partial charge in [0.25, 0.3) is 5.69 Å². The first kappa shape index (κ1) is 13.8. The highest BCUT2D eigenvalue weighted by atomic mass is 35.5. The van der Waals surface area contributed by atoms with Gasteiger partial charge in [0, 0.05) is 17.8 Å². The van der Waals surface area contributed by atoms with Gasteiger partial charge in [-0.3, -0.25) is 14.9 Å². The van der Waals surface area contributed by atoms with E-state index < -0.39 is 10.3 Å². The fourth-order valence-electron chi connectivity index (χ4n) is 2.86. The molecule has 7 heteroatoms. The number of amides is 1. The number of fused-ring (bicyclic) bond motifs is 2. The average Bonchev–Trinajstić information content (AvgIpc) is 2.63. The molecule has 1 amide bonds. The quantitative estimate of drug-likeness (QED) is 0.605. The number of rotatable bonds is 1. The molecule has 102 valence electrons. The van der Waals surface area contributed by atoms with Crippen molar-refractivity contribution < 1.29 is 9.72 Å². The molecule has 1 spiro atoms. The van der Waals surface area contributed by atoms with Gasteiger partial charge in [0.15, 0.2) is 0 Å². The van der Waals surface area contributed by atoms with E-state index in [0.717, 1.165) is 18.7 Å². The van der Waals surface area contributed by atoms with Gasteiger partial charge < -0.3 is 10.6 Å². The van der Waals surface area contributed by atoms with E-state index in [1.807, 2.05) is 0 Å². The third kappa shape index (κ3) is 1.97. The number of anilines is 1. The average molecular weight is 284 g/mol. The maximum atomic E-state index is 12.2. The first-order valence-electron chi connectivity index (χ1n) is 5.95. The van der Waals surface area contributed by atoms with Gasteiger partial charge >= 0.3 is 0 Å². The van der Waals surface area contributed by atoms with Crippen LogP contribution in [0.15, 0.2) is 18.2 Å². The van der Waals surface area contributed by atoms with Gasteiger partial charge in [-0.05, 0) is 37.6 Å². The largest absolute Gasteiger partial charge is 0.325 e. The maximum Gasteiger partial charge on any atom is 0.269 e. The fraction of sp³-hybridized carbons (Fsp3) is 0.417. The van der Waals surface area contributed by atoms with Crippen LogP contribution in [0.25, 0.3) is 0 Å². The second-order valence-corrected chi connectivity index (χ2v) is 4.77. The number of hydrogen-bond donors (Lipinski definition) is 2. The molecule has 0 radical (unpaired) electrons. The molecule has 0 bridgehead atoms. The molecule has 2 N–H and O–H groups in total. The Morgan fingerprint density at radius 2 is 1.95 bits per heavy atom. The van der Waals surface area contributed by atoms with Crippen LogP contribution < -0.4 is 10.6 Å². The molecule has 2 aliphatic heterocycles. The van der Waals surface area contributed by atoms with E-state index in [1.165, 1.54) is 6.07 Å². The SMILES string of the molecule is Cl.O=C1Nc2ccc([N+](=O)[O-])cc2C12CCNCC2. The third-order valence-electron chi connectivity index (χ3n) is 3.87. The lowest BCUT2D eigenvalue weighted by Gasteiger charge is -2.31. The molecule has 0 atom stereocenters. The number of hydrogen-bond acceptors (Lipinski definition) is 4. The Morgan fingerprint density at radius 1 is 1.26 bits per heavy atom. The summed E-state index contributed by atoms with van der Waals surface area (Å²) in [5.41, 5.74) is 0.964. The second-order valence-electron chi connectivity index (χ2n) is 4.77. The number of nitrogens with one attached hydrogen (secondary N) is 2. The number of nitro groups is 1. The Labute approximate surface area is 116 Å². The van der Waals surface area contributed by atoms with Crippen LogP contribution >= 0.6 is 12.4 Å². The number of carbonyl (C=O) groups excluding carboxylic acids is 1. The number of nitrogens with zero attached hydrogens (tertiary/aromatic N) is 1. The Balaban J connectivity index is 0.00000133. The van der Waals surface area contributed by atoms with Crippen molar-refractivity contribution in [1.82, 2.24) is 5.32 Å². The van der Waals surface area contributed by atoms with Crippen LogP contribution in [0.4, 0.5) is 11.4 Å². The molecule has 1 fully saturated rings. The molecule has 1 aromatic rings. The van der Waals surface area contributed by atoms with Gasteiger partial charge in [0.1, 0.15) is 0 Å². The first-order valence-corrected chi connectivity index (χ1v) is 5.95. The second kappa shape index (κ2) is 4.79. The minimum Gasteiger partial charge on any atom is -0.325 e. The number of halogens is 1. The lowest BCUT2D eigenvalue weighted by Crippen LogP contribution is -2.44. The highest BCUT2D eigenvalue weighted by Crippen LogP contribution is 2.44. The van der Waals surface area contributed by atoms with Crippen molar-refractivity contribution in [1.29, 1.82) is 0 Å². The molecule has 19 heavy (non-hydrogen) atoms. The Morgan fingerprint density at radius 3 is 2.58 bits per heavy atom. The van der Waals surface area contributed by atoms with Gasteiger partial charge in [0.2, 0.25) is 5.91 Å². The number of non-ortho nitro benzene ring substituents is 1. The summed E-state index contributed by atoms with van der Waals surface area (Å²) in [6.07, 6.45) is 1.38. The molecule has 3 rings (SSSR count). The summed E-state index contributed by atoms with van der Waals surface area (Å²) in [7, 11) is 0. The zero-order chi connectivity index (χ0) is 12.8. The zero-order valence-corrected chi connectivity index (χ0v) is 11.0. The van der Waals surface area contributed by atoms with E-state index in [9.17, 15) is 14.9 Å². The van der Waals surface area contributed by atoms with Crippen molar-refractivity contribution in [3.63, 3.8) is 0 Å². The summed E-state index contributed by atoms with van der Waals surface area (Å²) < 4.78 is 0. The van der Waals surface area contributed by atoms with E-state index in [0.29, 0.717) is 18.5 Å². The molecular weight excluding hydrogens is 270 g/mol. The summed E-state index contributed by atoms with van der Waals surface area (Å²) in [4.78, 5) is 22.6. The van der Waals surface area contributed by atoms with E-state index >= 15 is 0 Å². The molecule has 0 saturated carbocycles. The highest BCUT2D eigenvalue weighted by molar-refractivity contribution is 6.06. The smallest absolute Gasteiger partial charge is 0.269 e. The van der Waals surface area contributed by atoms with Crippen molar-refractivity contribution in [3.8, 4) is 0 Å². The third-order valence-corrected chi connectivity index (χ3v) is 3.87. The molecule has 2 heterocycles. The minimum atomic E-state index is -0.577. The maximum absolute atomic E-state index is 12.2. The van der Waals surface area contributed by atoms with Gasteiger partial charge in [-0.15, -0.1) is 12.4 Å². The standard InChI is InChI=1S/C12H13N3O3.ClH/c16-11-12(3-5-13-6-4-12)9-7-8(15(17)18)1-2-10(9)14-11;/h1-2,7,13H,3-6H2,(H,14,16);1H. The van der Waals surface area contributed by atoms with Gasteiger partial charge in [-0.25, -0.2) is 0 Å². The van der Waals surface area contributed by atoms with E-state index in [4.69, 9.17) is 0 Å². The van der Waals surface area contributed by atoms with Crippen LogP contribution in [0, 0.1) is 10.1 Å². The first-order chi connectivity index (χ1) is 8.63. The van der Waals surface area contributed by atoms with Crippen LogP contribution in [-0.2, 0) is 10.2 Å². The van der Waals surface area contributed by atoms with E-state index in [-0.39, 0.29) is 24.0 Å². The number of nitro benzene ring substituents is 1. The van der Waals surface area contributed by atoms with Gasteiger partial charge in [0.05, 0.1) is 10.3 Å². The monoisotopic (exact) mass is 283 g/mol. The summed E-state index contributed by atoms with van der Waals surface area (Å²) in [6.45, 7) is 1.52. The molecule has 0 aromatic heterocycles. The van der Waals surface area contributed by atoms with Crippen LogP contribution in [0.5, 0.6) is 0 Å². The normalized spacial score (nSPS) is 19.5. The molecule has 0 aliphatic carbocycles. The lowest BCUT2D eigenvalue weighted by atomic mass is 9.74. The zero-order valence-electron chi connectivity index (χ0n) is 10.1. The van der Waals surface area contributed by atoms with Crippen molar-refractivity contribution in [2.45, 2.75) is 18.3 Å². The van der Waals surface area contributed by atoms with Crippen LogP contribution in [0.1, 0.15) is 18.4 Å². The lowest BCUT2D eigenvalue weighted by molar-refractivity contribution is -0.384. The summed E-state index contributed by atoms with van der Waals surface area (Å²) in [6, 6.07) is 4.60. The number of piperidine rings is 1. The molecule has 2 aliphatic rings. The van der Waals surface area contributed by atoms with Crippen molar-refractivity contribution >= 4 is 29.7 Å². The highest BCUT2D eigenvalue weighted by Gasteiger charge is 2.47. The number of carbonyl (C=O) groups is 1. The summed E-state index contributed by atoms with van der Waals surface area (Å²) in [5.74, 6) is -0.0282. The van der Waals surface area contributed by atoms with Gasteiger partial charge in [-0.1, -0.05) is 0 Å². The molecular formula is C12H14ClN3O3. The summed E-state index contributed by atoms with van der Waals surface area (Å²) in [5, 5.41) is 16.9. The molecule has 0 unspecified atom stereocenters. The van der Waals surface area contributed by atoms with Crippen LogP contribution in [0.2, 0.25) is 0 Å². The molecule has 1 aromatic carbocycles. The predicted octanol–water partition coefficient (Wildman–Crippen LogP) is 1.59. The summed E-state index contributed by atoms with van der Waals surface area (Å²) >= 11 is 0. The fourth-order valence-corrected chi connectivity index (χ4v) is 2.86. The topological polar surface area (TPSA) is 84.3 Å². The number of benzene rings is 1. The van der Waals surface area contributed by atoms with Crippen LogP contribution in [-0.4, -0.2) is 23.9 Å². The molecule has 1 saturated heterocycles. The predicted molar refractivity (Wildman–Crippen MR) is 72.8 cm³/mol. The Kier molecular flexibility index (Phi) is 3.47. The van der Waals surface area contributed by atoms with Crippen LogP contribution in [0.3, 0.4) is 0 Å². The molecule has 6 nitrogen and oxygen atoms in total.